The minimum absolute atomic E-state index is 0.0894. The molecule has 1 aromatic rings. The highest BCUT2D eigenvalue weighted by Gasteiger charge is 2.36. The Morgan fingerprint density at radius 2 is 1.23 bits per heavy atom. The van der Waals surface area contributed by atoms with Crippen LogP contribution in [0.25, 0.3) is 0 Å². The minimum Gasteiger partial charge on any atom is -0.426 e. The maximum Gasteiger partial charge on any atom is 0.317 e. The van der Waals surface area contributed by atoms with Crippen molar-refractivity contribution >= 4 is 5.97 Å². The van der Waals surface area contributed by atoms with Crippen LogP contribution in [0.1, 0.15) is 108 Å². The molecule has 0 fully saturated rings. The fourth-order valence-corrected chi connectivity index (χ4v) is 4.44. The molecular formula is C33H50O2. The average molecular weight is 479 g/mol. The van der Waals surface area contributed by atoms with Gasteiger partial charge in [0, 0.05) is 0 Å². The van der Waals surface area contributed by atoms with Crippen molar-refractivity contribution < 1.29 is 9.53 Å². The summed E-state index contributed by atoms with van der Waals surface area (Å²) in [6.45, 7) is 12.5. The van der Waals surface area contributed by atoms with Crippen LogP contribution in [0.4, 0.5) is 0 Å². The van der Waals surface area contributed by atoms with Crippen molar-refractivity contribution in [3.63, 3.8) is 0 Å². The normalized spacial score (nSPS) is 12.6. The minimum atomic E-state index is -0.431. The van der Waals surface area contributed by atoms with Crippen LogP contribution in [0.2, 0.25) is 0 Å². The first-order valence-electron chi connectivity index (χ1n) is 13.8. The molecule has 0 N–H and O–H groups in total. The van der Waals surface area contributed by atoms with Gasteiger partial charge in [-0.3, -0.25) is 4.79 Å². The van der Waals surface area contributed by atoms with Gasteiger partial charge >= 0.3 is 5.97 Å². The summed E-state index contributed by atoms with van der Waals surface area (Å²) < 4.78 is 5.97. The van der Waals surface area contributed by atoms with Crippen LogP contribution in [0.15, 0.2) is 60.7 Å². The predicted octanol–water partition coefficient (Wildman–Crippen LogP) is 10.1. The van der Waals surface area contributed by atoms with Gasteiger partial charge in [-0.2, -0.15) is 0 Å². The first-order chi connectivity index (χ1) is 16.9. The van der Waals surface area contributed by atoms with Crippen molar-refractivity contribution in [3.05, 3.63) is 77.4 Å². The molecule has 0 radical (unpaired) electrons. The molecule has 0 bridgehead atoms. The van der Waals surface area contributed by atoms with Crippen molar-refractivity contribution in [2.24, 2.45) is 5.41 Å². The maximum atomic E-state index is 13.2. The first kappa shape index (κ1) is 30.7. The van der Waals surface area contributed by atoms with Gasteiger partial charge in [-0.15, -0.1) is 0 Å². The second kappa shape index (κ2) is 18.0. The number of hydrogen-bond acceptors (Lipinski definition) is 2. The summed E-state index contributed by atoms with van der Waals surface area (Å²) in [5, 5.41) is 0. The molecule has 0 saturated heterocycles. The molecule has 0 unspecified atom stereocenters. The molecule has 0 aliphatic heterocycles. The third-order valence-corrected chi connectivity index (χ3v) is 6.83. The highest BCUT2D eigenvalue weighted by Crippen LogP contribution is 2.36. The van der Waals surface area contributed by atoms with E-state index in [0.29, 0.717) is 0 Å². The molecule has 194 valence electrons. The van der Waals surface area contributed by atoms with E-state index in [1.54, 1.807) is 0 Å². The Bertz CT molecular complexity index is 827. The van der Waals surface area contributed by atoms with Crippen LogP contribution in [0, 0.1) is 26.2 Å². The quantitative estimate of drug-likeness (QED) is 0.0963. The zero-order valence-corrected chi connectivity index (χ0v) is 23.4. The van der Waals surface area contributed by atoms with Crippen molar-refractivity contribution in [1.29, 1.82) is 0 Å². The maximum absolute atomic E-state index is 13.2. The van der Waals surface area contributed by atoms with E-state index >= 15 is 0 Å². The predicted molar refractivity (Wildman–Crippen MR) is 153 cm³/mol. The zero-order valence-electron chi connectivity index (χ0n) is 23.4. The molecular weight excluding hydrogens is 428 g/mol. The number of hydrogen-bond donors (Lipinski definition) is 0. The van der Waals surface area contributed by atoms with Crippen LogP contribution in [0.5, 0.6) is 5.75 Å². The highest BCUT2D eigenvalue weighted by atomic mass is 16.5. The van der Waals surface area contributed by atoms with Gasteiger partial charge in [0.05, 0.1) is 5.41 Å². The van der Waals surface area contributed by atoms with Gasteiger partial charge < -0.3 is 4.74 Å². The fraction of sp³-hybridized carbons (Fsp3) is 0.545. The second-order valence-electron chi connectivity index (χ2n) is 9.73. The SMILES string of the molecule is CCCCCC=CCC=CCC=CCC=CCCC(CC)(CC)C(=O)Oc1c(C)cc(C)cc1C. The molecule has 0 saturated carbocycles. The van der Waals surface area contributed by atoms with Gasteiger partial charge in [0.15, 0.2) is 0 Å². The standard InChI is InChI=1S/C33H50O2/c1-7-10-11-12-13-14-15-16-17-18-19-20-21-22-23-24-25-33(8-2,9-3)32(34)35-31-29(5)26-28(4)27-30(31)6/h13-14,16-17,19-20,22-23,26-27H,7-12,15,18,21,24-25H2,1-6H3. The Morgan fingerprint density at radius 3 is 1.71 bits per heavy atom. The van der Waals surface area contributed by atoms with Gasteiger partial charge in [0.2, 0.25) is 0 Å². The third-order valence-electron chi connectivity index (χ3n) is 6.83. The fourth-order valence-electron chi connectivity index (χ4n) is 4.44. The molecule has 0 atom stereocenters. The molecule has 2 heteroatoms. The van der Waals surface area contributed by atoms with E-state index in [4.69, 9.17) is 4.74 Å². The Labute approximate surface area is 216 Å². The van der Waals surface area contributed by atoms with E-state index in [-0.39, 0.29) is 5.97 Å². The molecule has 0 aliphatic rings. The Kier molecular flexibility index (Phi) is 15.8. The smallest absolute Gasteiger partial charge is 0.317 e. The molecule has 0 aliphatic carbocycles. The lowest BCUT2D eigenvalue weighted by Gasteiger charge is -2.29. The summed E-state index contributed by atoms with van der Waals surface area (Å²) in [4.78, 5) is 13.2. The molecule has 0 spiro atoms. The average Bonchev–Trinajstić information content (AvgIpc) is 2.83. The highest BCUT2D eigenvalue weighted by molar-refractivity contribution is 5.79. The first-order valence-corrected chi connectivity index (χ1v) is 13.8. The van der Waals surface area contributed by atoms with Crippen LogP contribution in [0.3, 0.4) is 0 Å². The van der Waals surface area contributed by atoms with E-state index in [1.165, 1.54) is 31.2 Å². The van der Waals surface area contributed by atoms with E-state index in [9.17, 15) is 4.79 Å². The Hall–Kier alpha value is -2.35. The lowest BCUT2D eigenvalue weighted by Crippen LogP contribution is -2.34. The van der Waals surface area contributed by atoms with E-state index in [2.05, 4.69) is 88.4 Å². The van der Waals surface area contributed by atoms with E-state index in [1.807, 2.05) is 13.8 Å². The number of aryl methyl sites for hydroxylation is 3. The lowest BCUT2D eigenvalue weighted by atomic mass is 9.78. The van der Waals surface area contributed by atoms with Gasteiger partial charge in [-0.1, -0.05) is 99.9 Å². The number of carbonyl (C=O) groups is 1. The van der Waals surface area contributed by atoms with Crippen molar-refractivity contribution in [1.82, 2.24) is 0 Å². The van der Waals surface area contributed by atoms with Gasteiger partial charge in [-0.05, 0) is 89.7 Å². The molecule has 1 rings (SSSR count). The summed E-state index contributed by atoms with van der Waals surface area (Å²) in [6.07, 6.45) is 29.3. The molecule has 35 heavy (non-hydrogen) atoms. The second-order valence-corrected chi connectivity index (χ2v) is 9.73. The van der Waals surface area contributed by atoms with Crippen LogP contribution < -0.4 is 4.74 Å². The zero-order chi connectivity index (χ0) is 25.9. The number of unbranched alkanes of at least 4 members (excludes halogenated alkanes) is 3. The van der Waals surface area contributed by atoms with Crippen molar-refractivity contribution in [3.8, 4) is 5.75 Å². The molecule has 0 amide bonds. The summed E-state index contributed by atoms with van der Waals surface area (Å²) in [5.41, 5.74) is 2.81. The Balaban J connectivity index is 2.42. The molecule has 0 aromatic heterocycles. The number of esters is 1. The summed E-state index contributed by atoms with van der Waals surface area (Å²) in [5.74, 6) is 0.637. The molecule has 1 aromatic carbocycles. The number of rotatable bonds is 17. The third kappa shape index (κ3) is 11.8. The van der Waals surface area contributed by atoms with Crippen LogP contribution in [-0.4, -0.2) is 5.97 Å². The molecule has 0 heterocycles. The van der Waals surface area contributed by atoms with Crippen LogP contribution in [-0.2, 0) is 4.79 Å². The largest absolute Gasteiger partial charge is 0.426 e. The van der Waals surface area contributed by atoms with Gasteiger partial charge in [0.1, 0.15) is 5.75 Å². The topological polar surface area (TPSA) is 26.3 Å². The Morgan fingerprint density at radius 1 is 0.743 bits per heavy atom. The van der Waals surface area contributed by atoms with Gasteiger partial charge in [-0.25, -0.2) is 0 Å². The monoisotopic (exact) mass is 478 g/mol. The summed E-state index contributed by atoms with van der Waals surface area (Å²) in [7, 11) is 0. The van der Waals surface area contributed by atoms with E-state index in [0.717, 1.165) is 61.8 Å². The summed E-state index contributed by atoms with van der Waals surface area (Å²) in [6, 6.07) is 4.15. The number of benzene rings is 1. The van der Waals surface area contributed by atoms with Crippen molar-refractivity contribution in [2.45, 2.75) is 112 Å². The molecule has 2 nitrogen and oxygen atoms in total. The van der Waals surface area contributed by atoms with Gasteiger partial charge in [0.25, 0.3) is 0 Å². The number of ether oxygens (including phenoxy) is 1. The van der Waals surface area contributed by atoms with Crippen molar-refractivity contribution in [2.75, 3.05) is 0 Å². The number of carbonyl (C=O) groups excluding carboxylic acids is 1. The summed E-state index contributed by atoms with van der Waals surface area (Å²) >= 11 is 0. The lowest BCUT2D eigenvalue weighted by molar-refractivity contribution is -0.147. The number of allylic oxidation sites excluding steroid dienone is 8. The van der Waals surface area contributed by atoms with E-state index < -0.39 is 5.41 Å². The van der Waals surface area contributed by atoms with Crippen LogP contribution >= 0.6 is 0 Å².